The molecule has 2 aliphatic carbocycles. The highest BCUT2D eigenvalue weighted by Crippen LogP contribution is 2.31. The number of carbonyl (C=O) groups is 1. The smallest absolute Gasteiger partial charge is 0.253 e. The first-order valence-electron chi connectivity index (χ1n) is 11.7. The molecule has 1 heterocycles. The van der Waals surface area contributed by atoms with Gasteiger partial charge in [-0.2, -0.15) is 0 Å². The van der Waals surface area contributed by atoms with Gasteiger partial charge in [0.2, 0.25) is 5.91 Å². The summed E-state index contributed by atoms with van der Waals surface area (Å²) in [5.74, 6) is 1.43. The molecule has 1 aromatic rings. The van der Waals surface area contributed by atoms with Gasteiger partial charge in [-0.05, 0) is 63.2 Å². The van der Waals surface area contributed by atoms with Crippen molar-refractivity contribution in [1.82, 2.24) is 5.32 Å². The van der Waals surface area contributed by atoms with E-state index in [0.717, 1.165) is 64.6 Å². The molecule has 0 spiro atoms. The average Bonchev–Trinajstić information content (AvgIpc) is 3.26. The number of rotatable bonds is 6. The van der Waals surface area contributed by atoms with Crippen LogP contribution in [0.5, 0.6) is 0 Å². The number of carbonyl (C=O) groups excluding carboxylic acids is 1. The molecule has 6 heteroatoms. The minimum absolute atomic E-state index is 0.131. The van der Waals surface area contributed by atoms with Crippen LogP contribution in [0.15, 0.2) is 9.59 Å². The molecule has 0 aromatic heterocycles. The summed E-state index contributed by atoms with van der Waals surface area (Å²) in [7, 11) is 0. The number of hydrogen-bond donors (Lipinski definition) is 2. The van der Waals surface area contributed by atoms with Crippen molar-refractivity contribution >= 4 is 17.3 Å². The molecule has 6 nitrogen and oxygen atoms in total. The number of nitrogens with zero attached hydrogens (tertiary/aromatic N) is 1. The molecule has 2 saturated carbocycles. The molecule has 160 valence electrons. The van der Waals surface area contributed by atoms with Crippen molar-refractivity contribution in [3.8, 4) is 0 Å². The molecule has 3 aliphatic rings. The van der Waals surface area contributed by atoms with Crippen LogP contribution >= 0.6 is 0 Å². The van der Waals surface area contributed by atoms with E-state index in [1.165, 1.54) is 19.3 Å². The van der Waals surface area contributed by atoms with Crippen molar-refractivity contribution in [3.63, 3.8) is 0 Å². The van der Waals surface area contributed by atoms with Gasteiger partial charge in [-0.25, -0.2) is 0 Å². The Hall–Kier alpha value is -1.85. The van der Waals surface area contributed by atoms with E-state index in [4.69, 9.17) is 0 Å². The predicted octanol–water partition coefficient (Wildman–Crippen LogP) is 2.80. The van der Waals surface area contributed by atoms with Gasteiger partial charge in [-0.15, -0.1) is 0 Å². The SMILES string of the molecule is CC1CCCCC1NC(=O)C1CCC(CNc2c(N3CCCC3)c(=O)c2=O)CC1. The minimum Gasteiger partial charge on any atom is -0.380 e. The molecule has 0 radical (unpaired) electrons. The van der Waals surface area contributed by atoms with Gasteiger partial charge in [0.05, 0.1) is 0 Å². The predicted molar refractivity (Wildman–Crippen MR) is 116 cm³/mol. The van der Waals surface area contributed by atoms with Gasteiger partial charge < -0.3 is 15.5 Å². The molecule has 4 rings (SSSR count). The second-order valence-corrected chi connectivity index (χ2v) is 9.55. The summed E-state index contributed by atoms with van der Waals surface area (Å²) in [5, 5.41) is 6.60. The van der Waals surface area contributed by atoms with Crippen LogP contribution in [0.2, 0.25) is 0 Å². The monoisotopic (exact) mass is 401 g/mol. The van der Waals surface area contributed by atoms with Gasteiger partial charge in [0, 0.05) is 31.6 Å². The minimum atomic E-state index is -0.360. The lowest BCUT2D eigenvalue weighted by molar-refractivity contribution is -0.127. The van der Waals surface area contributed by atoms with Gasteiger partial charge in [0.1, 0.15) is 11.4 Å². The fourth-order valence-corrected chi connectivity index (χ4v) is 5.49. The Balaban J connectivity index is 1.23. The van der Waals surface area contributed by atoms with E-state index in [9.17, 15) is 14.4 Å². The Bertz CT molecular complexity index is 784. The average molecular weight is 402 g/mol. The Morgan fingerprint density at radius 1 is 0.931 bits per heavy atom. The highest BCUT2D eigenvalue weighted by atomic mass is 16.2. The Morgan fingerprint density at radius 3 is 2.31 bits per heavy atom. The second-order valence-electron chi connectivity index (χ2n) is 9.55. The first kappa shape index (κ1) is 20.4. The van der Waals surface area contributed by atoms with Gasteiger partial charge in [0.25, 0.3) is 10.9 Å². The Labute approximate surface area is 173 Å². The number of amides is 1. The molecule has 1 amide bonds. The van der Waals surface area contributed by atoms with E-state index in [1.54, 1.807) is 0 Å². The van der Waals surface area contributed by atoms with Crippen molar-refractivity contribution in [1.29, 1.82) is 0 Å². The molecule has 2 N–H and O–H groups in total. The molecule has 2 unspecified atom stereocenters. The fourth-order valence-electron chi connectivity index (χ4n) is 5.49. The van der Waals surface area contributed by atoms with Crippen LogP contribution in [0, 0.1) is 17.8 Å². The molecular formula is C23H35N3O3. The van der Waals surface area contributed by atoms with Gasteiger partial charge in [-0.3, -0.25) is 14.4 Å². The second kappa shape index (κ2) is 8.88. The number of anilines is 2. The number of hydrogen-bond acceptors (Lipinski definition) is 5. The van der Waals surface area contributed by atoms with E-state index < -0.39 is 0 Å². The molecule has 29 heavy (non-hydrogen) atoms. The summed E-state index contributed by atoms with van der Waals surface area (Å²) in [6, 6.07) is 0.355. The maximum atomic E-state index is 12.7. The first-order valence-corrected chi connectivity index (χ1v) is 11.7. The maximum Gasteiger partial charge on any atom is 0.253 e. The van der Waals surface area contributed by atoms with E-state index in [2.05, 4.69) is 22.5 Å². The summed E-state index contributed by atoms with van der Waals surface area (Å²) < 4.78 is 0. The van der Waals surface area contributed by atoms with E-state index in [-0.39, 0.29) is 22.7 Å². The Morgan fingerprint density at radius 2 is 1.62 bits per heavy atom. The third-order valence-electron chi connectivity index (χ3n) is 7.53. The summed E-state index contributed by atoms with van der Waals surface area (Å²) in [4.78, 5) is 38.7. The normalized spacial score (nSPS) is 30.4. The first-order chi connectivity index (χ1) is 14.0. The highest BCUT2D eigenvalue weighted by molar-refractivity contribution is 5.79. The molecule has 1 aliphatic heterocycles. The third-order valence-corrected chi connectivity index (χ3v) is 7.53. The van der Waals surface area contributed by atoms with Crippen LogP contribution in [-0.2, 0) is 4.79 Å². The molecule has 2 atom stereocenters. The zero-order valence-corrected chi connectivity index (χ0v) is 17.7. The topological polar surface area (TPSA) is 78.5 Å². The van der Waals surface area contributed by atoms with Crippen LogP contribution in [0.3, 0.4) is 0 Å². The lowest BCUT2D eigenvalue weighted by Crippen LogP contribution is -2.45. The lowest BCUT2D eigenvalue weighted by atomic mass is 9.80. The van der Waals surface area contributed by atoms with Crippen LogP contribution in [0.25, 0.3) is 0 Å². The van der Waals surface area contributed by atoms with Crippen LogP contribution in [0.1, 0.15) is 71.1 Å². The third kappa shape index (κ3) is 4.36. The number of nitrogens with one attached hydrogen (secondary N) is 2. The van der Waals surface area contributed by atoms with Crippen molar-refractivity contribution in [3.05, 3.63) is 20.4 Å². The van der Waals surface area contributed by atoms with Gasteiger partial charge in [0.15, 0.2) is 0 Å². The van der Waals surface area contributed by atoms with Gasteiger partial charge >= 0.3 is 0 Å². The Kier molecular flexibility index (Phi) is 6.26. The van der Waals surface area contributed by atoms with Crippen molar-refractivity contribution in [2.24, 2.45) is 17.8 Å². The zero-order valence-electron chi connectivity index (χ0n) is 17.7. The molecule has 1 saturated heterocycles. The molecule has 1 aromatic carbocycles. The summed E-state index contributed by atoms with van der Waals surface area (Å²) in [6.45, 7) is 4.72. The zero-order chi connectivity index (χ0) is 20.4. The van der Waals surface area contributed by atoms with E-state index in [0.29, 0.717) is 29.3 Å². The van der Waals surface area contributed by atoms with Gasteiger partial charge in [-0.1, -0.05) is 19.8 Å². The molecule has 0 bridgehead atoms. The lowest BCUT2D eigenvalue weighted by Gasteiger charge is -2.33. The van der Waals surface area contributed by atoms with Crippen LogP contribution in [-0.4, -0.2) is 31.6 Å². The summed E-state index contributed by atoms with van der Waals surface area (Å²) >= 11 is 0. The molecular weight excluding hydrogens is 366 g/mol. The van der Waals surface area contributed by atoms with E-state index in [1.807, 2.05) is 0 Å². The quantitative estimate of drug-likeness (QED) is 0.717. The summed E-state index contributed by atoms with van der Waals surface area (Å²) in [6.07, 6.45) is 10.9. The standard InChI is InChI=1S/C23H35N3O3/c1-15-6-2-3-7-18(15)25-23(29)17-10-8-16(9-11-17)14-24-19-20(22(28)21(19)27)26-12-4-5-13-26/h15-18,24H,2-14H2,1H3,(H,25,29). The molecule has 3 fully saturated rings. The maximum absolute atomic E-state index is 12.7. The largest absolute Gasteiger partial charge is 0.380 e. The van der Waals surface area contributed by atoms with Crippen molar-refractivity contribution in [2.75, 3.05) is 29.9 Å². The van der Waals surface area contributed by atoms with E-state index >= 15 is 0 Å². The summed E-state index contributed by atoms with van der Waals surface area (Å²) in [5.41, 5.74) is 0.457. The van der Waals surface area contributed by atoms with Crippen LogP contribution in [0.4, 0.5) is 11.4 Å². The van der Waals surface area contributed by atoms with Crippen LogP contribution < -0.4 is 26.4 Å². The fraction of sp³-hybridized carbons (Fsp3) is 0.783. The highest BCUT2D eigenvalue weighted by Gasteiger charge is 2.31. The van der Waals surface area contributed by atoms with Crippen molar-refractivity contribution < 1.29 is 4.79 Å². The van der Waals surface area contributed by atoms with Crippen molar-refractivity contribution in [2.45, 2.75) is 77.2 Å².